The van der Waals surface area contributed by atoms with Crippen molar-refractivity contribution in [3.63, 3.8) is 0 Å². The first-order valence-corrected chi connectivity index (χ1v) is 6.57. The zero-order valence-corrected chi connectivity index (χ0v) is 11.6. The van der Waals surface area contributed by atoms with Gasteiger partial charge in [-0.2, -0.15) is 0 Å². The van der Waals surface area contributed by atoms with E-state index in [1.54, 1.807) is 25.4 Å². The number of rotatable bonds is 4. The molecule has 0 atom stereocenters. The van der Waals surface area contributed by atoms with Crippen LogP contribution < -0.4 is 20.1 Å². The van der Waals surface area contributed by atoms with Gasteiger partial charge in [0.05, 0.1) is 0 Å². The quantitative estimate of drug-likeness (QED) is 0.896. The number of fused-ring (bicyclic) bond motifs is 1. The molecule has 1 aromatic carbocycles. The Balaban J connectivity index is 1.65. The van der Waals surface area contributed by atoms with Gasteiger partial charge in [0.25, 0.3) is 5.91 Å². The van der Waals surface area contributed by atoms with Crippen molar-refractivity contribution in [1.29, 1.82) is 0 Å². The number of hydrogen-bond acceptors (Lipinski definition) is 5. The summed E-state index contributed by atoms with van der Waals surface area (Å²) in [4.78, 5) is 16.2. The largest absolute Gasteiger partial charge is 0.454 e. The molecule has 1 aliphatic heterocycles. The zero-order chi connectivity index (χ0) is 14.7. The van der Waals surface area contributed by atoms with E-state index in [1.165, 1.54) is 0 Å². The van der Waals surface area contributed by atoms with E-state index in [-0.39, 0.29) is 12.7 Å². The number of anilines is 1. The van der Waals surface area contributed by atoms with Crippen LogP contribution in [0.3, 0.4) is 0 Å². The summed E-state index contributed by atoms with van der Waals surface area (Å²) >= 11 is 0. The molecule has 6 nitrogen and oxygen atoms in total. The van der Waals surface area contributed by atoms with Crippen LogP contribution in [-0.2, 0) is 6.54 Å². The maximum Gasteiger partial charge on any atom is 0.251 e. The third-order valence-corrected chi connectivity index (χ3v) is 3.17. The highest BCUT2D eigenvalue weighted by molar-refractivity contribution is 5.94. The highest BCUT2D eigenvalue weighted by Gasteiger charge is 2.13. The van der Waals surface area contributed by atoms with E-state index in [4.69, 9.17) is 9.47 Å². The first-order valence-electron chi connectivity index (χ1n) is 6.57. The summed E-state index contributed by atoms with van der Waals surface area (Å²) in [6.07, 6.45) is 1.60. The molecule has 0 spiro atoms. The van der Waals surface area contributed by atoms with Crippen LogP contribution in [0.4, 0.5) is 5.82 Å². The first-order chi connectivity index (χ1) is 10.3. The Bertz CT molecular complexity index is 673. The molecule has 0 bridgehead atoms. The van der Waals surface area contributed by atoms with Crippen LogP contribution in [0.15, 0.2) is 36.5 Å². The van der Waals surface area contributed by atoms with Gasteiger partial charge < -0.3 is 20.1 Å². The van der Waals surface area contributed by atoms with Gasteiger partial charge in [0.2, 0.25) is 6.79 Å². The van der Waals surface area contributed by atoms with Crippen LogP contribution in [0.5, 0.6) is 11.5 Å². The number of aromatic nitrogens is 1. The van der Waals surface area contributed by atoms with E-state index in [0.29, 0.717) is 23.7 Å². The van der Waals surface area contributed by atoms with Crippen molar-refractivity contribution in [2.24, 2.45) is 0 Å². The third-order valence-electron chi connectivity index (χ3n) is 3.17. The number of amides is 1. The Morgan fingerprint density at radius 3 is 2.95 bits per heavy atom. The van der Waals surface area contributed by atoms with Crippen molar-refractivity contribution in [3.8, 4) is 11.5 Å². The number of nitrogens with one attached hydrogen (secondary N) is 2. The van der Waals surface area contributed by atoms with E-state index in [0.717, 1.165) is 11.3 Å². The molecule has 2 aromatic rings. The smallest absolute Gasteiger partial charge is 0.251 e. The average molecular weight is 285 g/mol. The fourth-order valence-electron chi connectivity index (χ4n) is 2.04. The molecule has 2 heterocycles. The molecule has 0 saturated heterocycles. The molecule has 6 heteroatoms. The van der Waals surface area contributed by atoms with Gasteiger partial charge in [0.15, 0.2) is 11.5 Å². The SMILES string of the molecule is CNc1cc(C(=O)NCc2ccc3c(c2)OCO3)ccn1. The van der Waals surface area contributed by atoms with E-state index in [9.17, 15) is 4.79 Å². The van der Waals surface area contributed by atoms with Crippen LogP contribution in [0.2, 0.25) is 0 Å². The molecule has 0 radical (unpaired) electrons. The van der Waals surface area contributed by atoms with E-state index >= 15 is 0 Å². The predicted molar refractivity (Wildman–Crippen MR) is 77.5 cm³/mol. The molecule has 1 aliphatic rings. The number of nitrogens with zero attached hydrogens (tertiary/aromatic N) is 1. The lowest BCUT2D eigenvalue weighted by molar-refractivity contribution is 0.0950. The molecule has 0 aliphatic carbocycles. The standard InChI is InChI=1S/C15H15N3O3/c1-16-14-7-11(4-5-17-14)15(19)18-8-10-2-3-12-13(6-10)21-9-20-12/h2-7H,8-9H2,1H3,(H,16,17)(H,18,19). The van der Waals surface area contributed by atoms with Gasteiger partial charge in [0.1, 0.15) is 5.82 Å². The Labute approximate surface area is 122 Å². The fourth-order valence-corrected chi connectivity index (χ4v) is 2.04. The highest BCUT2D eigenvalue weighted by Crippen LogP contribution is 2.32. The molecule has 3 rings (SSSR count). The maximum absolute atomic E-state index is 12.1. The van der Waals surface area contributed by atoms with Crippen molar-refractivity contribution in [2.45, 2.75) is 6.54 Å². The van der Waals surface area contributed by atoms with Crippen molar-refractivity contribution in [2.75, 3.05) is 19.2 Å². The minimum Gasteiger partial charge on any atom is -0.454 e. The number of benzene rings is 1. The predicted octanol–water partition coefficient (Wildman–Crippen LogP) is 1.78. The lowest BCUT2D eigenvalue weighted by Gasteiger charge is -2.07. The Morgan fingerprint density at radius 2 is 2.10 bits per heavy atom. The van der Waals surface area contributed by atoms with Gasteiger partial charge in [-0.05, 0) is 29.8 Å². The fraction of sp³-hybridized carbons (Fsp3) is 0.200. The number of carbonyl (C=O) groups is 1. The second-order valence-corrected chi connectivity index (χ2v) is 4.55. The topological polar surface area (TPSA) is 72.5 Å². The number of ether oxygens (including phenoxy) is 2. The summed E-state index contributed by atoms with van der Waals surface area (Å²) in [7, 11) is 1.76. The monoisotopic (exact) mass is 285 g/mol. The van der Waals surface area contributed by atoms with Crippen molar-refractivity contribution >= 4 is 11.7 Å². The molecular weight excluding hydrogens is 270 g/mol. The molecule has 108 valence electrons. The maximum atomic E-state index is 12.1. The van der Waals surface area contributed by atoms with E-state index < -0.39 is 0 Å². The summed E-state index contributed by atoms with van der Waals surface area (Å²) in [5.74, 6) is 1.96. The van der Waals surface area contributed by atoms with Gasteiger partial charge in [-0.3, -0.25) is 4.79 Å². The summed E-state index contributed by atoms with van der Waals surface area (Å²) in [6.45, 7) is 0.668. The molecule has 2 N–H and O–H groups in total. The molecular formula is C15H15N3O3. The number of hydrogen-bond donors (Lipinski definition) is 2. The molecule has 1 aromatic heterocycles. The first kappa shape index (κ1) is 13.2. The Hall–Kier alpha value is -2.76. The zero-order valence-electron chi connectivity index (χ0n) is 11.6. The third kappa shape index (κ3) is 2.89. The minimum atomic E-state index is -0.147. The van der Waals surface area contributed by atoms with Crippen molar-refractivity contribution in [1.82, 2.24) is 10.3 Å². The van der Waals surface area contributed by atoms with Crippen LogP contribution in [0.25, 0.3) is 0 Å². The van der Waals surface area contributed by atoms with Crippen molar-refractivity contribution in [3.05, 3.63) is 47.7 Å². The second kappa shape index (κ2) is 5.70. The van der Waals surface area contributed by atoms with Gasteiger partial charge in [0, 0.05) is 25.4 Å². The molecule has 1 amide bonds. The summed E-state index contributed by atoms with van der Waals surface area (Å²) in [5, 5.41) is 5.77. The van der Waals surface area contributed by atoms with Crippen molar-refractivity contribution < 1.29 is 14.3 Å². The minimum absolute atomic E-state index is 0.147. The van der Waals surface area contributed by atoms with E-state index in [2.05, 4.69) is 15.6 Å². The summed E-state index contributed by atoms with van der Waals surface area (Å²) < 4.78 is 10.6. The second-order valence-electron chi connectivity index (χ2n) is 4.55. The molecule has 0 saturated carbocycles. The lowest BCUT2D eigenvalue weighted by atomic mass is 10.2. The van der Waals surface area contributed by atoms with Crippen LogP contribution in [0.1, 0.15) is 15.9 Å². The molecule has 0 fully saturated rings. The molecule has 21 heavy (non-hydrogen) atoms. The van der Waals surface area contributed by atoms with Gasteiger partial charge in [-0.25, -0.2) is 4.98 Å². The van der Waals surface area contributed by atoms with Gasteiger partial charge in [-0.15, -0.1) is 0 Å². The van der Waals surface area contributed by atoms with Gasteiger partial charge >= 0.3 is 0 Å². The highest BCUT2D eigenvalue weighted by atomic mass is 16.7. The van der Waals surface area contributed by atoms with Crippen LogP contribution >= 0.6 is 0 Å². The van der Waals surface area contributed by atoms with Crippen LogP contribution in [0, 0.1) is 0 Å². The Kier molecular flexibility index (Phi) is 3.59. The average Bonchev–Trinajstić information content (AvgIpc) is 3.00. The lowest BCUT2D eigenvalue weighted by Crippen LogP contribution is -2.22. The normalized spacial score (nSPS) is 12.0. The number of pyridine rings is 1. The number of carbonyl (C=O) groups excluding carboxylic acids is 1. The van der Waals surface area contributed by atoms with Crippen LogP contribution in [-0.4, -0.2) is 24.7 Å². The van der Waals surface area contributed by atoms with Gasteiger partial charge in [-0.1, -0.05) is 6.07 Å². The Morgan fingerprint density at radius 1 is 1.24 bits per heavy atom. The molecule has 0 unspecified atom stereocenters. The van der Waals surface area contributed by atoms with E-state index in [1.807, 2.05) is 18.2 Å². The summed E-state index contributed by atoms with van der Waals surface area (Å²) in [6, 6.07) is 8.99. The summed E-state index contributed by atoms with van der Waals surface area (Å²) in [5.41, 5.74) is 1.52.